The Bertz CT molecular complexity index is 331. The molecule has 0 aromatic carbocycles. The largest absolute Gasteiger partial charge is 0.376 e. The van der Waals surface area contributed by atoms with E-state index >= 15 is 0 Å². The molecular weight excluding hydrogens is 232 g/mol. The molecule has 15 heavy (non-hydrogen) atoms. The van der Waals surface area contributed by atoms with E-state index in [9.17, 15) is 0 Å². The number of hydrogen-bond acceptors (Lipinski definition) is 4. The van der Waals surface area contributed by atoms with Crippen LogP contribution in [0.1, 0.15) is 19.0 Å². The zero-order valence-corrected chi connectivity index (χ0v) is 10.5. The van der Waals surface area contributed by atoms with E-state index in [0.717, 1.165) is 23.9 Å². The van der Waals surface area contributed by atoms with Crippen LogP contribution in [0.4, 0.5) is 5.13 Å². The number of ether oxygens (including phenoxy) is 1. The summed E-state index contributed by atoms with van der Waals surface area (Å²) in [5, 5.41) is 3.05. The fourth-order valence-corrected chi connectivity index (χ4v) is 2.97. The fraction of sp³-hybridized carbons (Fsp3) is 0.700. The second-order valence-electron chi connectivity index (χ2n) is 3.80. The van der Waals surface area contributed by atoms with Gasteiger partial charge in [0.25, 0.3) is 0 Å². The lowest BCUT2D eigenvalue weighted by molar-refractivity contribution is 0.118. The van der Waals surface area contributed by atoms with Gasteiger partial charge in [0, 0.05) is 19.0 Å². The van der Waals surface area contributed by atoms with Crippen molar-refractivity contribution in [1.82, 2.24) is 4.98 Å². The third-order valence-corrected chi connectivity index (χ3v) is 4.07. The van der Waals surface area contributed by atoms with Crippen LogP contribution in [-0.4, -0.2) is 30.8 Å². The lowest BCUT2D eigenvalue weighted by Gasteiger charge is -2.25. The zero-order chi connectivity index (χ0) is 10.8. The van der Waals surface area contributed by atoms with Gasteiger partial charge in [0.05, 0.1) is 23.7 Å². The van der Waals surface area contributed by atoms with Gasteiger partial charge in [-0.05, 0) is 13.3 Å². The highest BCUT2D eigenvalue weighted by Crippen LogP contribution is 2.27. The average Bonchev–Trinajstić information content (AvgIpc) is 2.84. The topological polar surface area (TPSA) is 25.4 Å². The van der Waals surface area contributed by atoms with E-state index in [2.05, 4.69) is 23.9 Å². The van der Waals surface area contributed by atoms with Gasteiger partial charge in [-0.3, -0.25) is 0 Å². The van der Waals surface area contributed by atoms with Crippen molar-refractivity contribution in [1.29, 1.82) is 0 Å². The molecule has 0 amide bonds. The summed E-state index contributed by atoms with van der Waals surface area (Å²) in [6, 6.07) is 0.444. The predicted octanol–water partition coefficient (Wildman–Crippen LogP) is 2.50. The van der Waals surface area contributed by atoms with E-state index in [0.29, 0.717) is 18.0 Å². The number of thiazole rings is 1. The molecule has 5 heteroatoms. The summed E-state index contributed by atoms with van der Waals surface area (Å²) < 4.78 is 5.55. The second-order valence-corrected chi connectivity index (χ2v) is 4.90. The fourth-order valence-electron chi connectivity index (χ4n) is 1.89. The van der Waals surface area contributed by atoms with Crippen LogP contribution in [0.2, 0.25) is 0 Å². The SMILES string of the molecule is CC1OCCC1N(C)c1nc(CCl)cs1. The number of hydrogen-bond donors (Lipinski definition) is 0. The van der Waals surface area contributed by atoms with Gasteiger partial charge in [0.1, 0.15) is 0 Å². The van der Waals surface area contributed by atoms with Crippen molar-refractivity contribution in [3.05, 3.63) is 11.1 Å². The summed E-state index contributed by atoms with van der Waals surface area (Å²) in [6.07, 6.45) is 1.37. The molecule has 0 radical (unpaired) electrons. The molecule has 2 unspecified atom stereocenters. The second kappa shape index (κ2) is 4.68. The maximum absolute atomic E-state index is 5.73. The number of likely N-dealkylation sites (N-methyl/N-ethyl adjacent to an activating group) is 1. The van der Waals surface area contributed by atoms with Crippen LogP contribution < -0.4 is 4.90 Å². The lowest BCUT2D eigenvalue weighted by atomic mass is 10.1. The van der Waals surface area contributed by atoms with Crippen molar-refractivity contribution in [3.8, 4) is 0 Å². The van der Waals surface area contributed by atoms with Gasteiger partial charge in [-0.2, -0.15) is 0 Å². The molecule has 0 aliphatic carbocycles. The van der Waals surface area contributed by atoms with Gasteiger partial charge < -0.3 is 9.64 Å². The highest BCUT2D eigenvalue weighted by Gasteiger charge is 2.29. The summed E-state index contributed by atoms with van der Waals surface area (Å²) in [7, 11) is 2.08. The Morgan fingerprint density at radius 2 is 2.53 bits per heavy atom. The summed E-state index contributed by atoms with van der Waals surface area (Å²) in [6.45, 7) is 2.97. The number of halogens is 1. The van der Waals surface area contributed by atoms with Crippen molar-refractivity contribution in [2.75, 3.05) is 18.6 Å². The molecule has 0 bridgehead atoms. The van der Waals surface area contributed by atoms with E-state index in [-0.39, 0.29) is 0 Å². The minimum atomic E-state index is 0.290. The smallest absolute Gasteiger partial charge is 0.185 e. The Balaban J connectivity index is 2.09. The van der Waals surface area contributed by atoms with Crippen molar-refractivity contribution in [2.45, 2.75) is 31.4 Å². The number of nitrogens with zero attached hydrogens (tertiary/aromatic N) is 2. The Morgan fingerprint density at radius 1 is 1.73 bits per heavy atom. The Kier molecular flexibility index (Phi) is 3.49. The number of rotatable bonds is 3. The maximum atomic E-state index is 5.73. The van der Waals surface area contributed by atoms with Crippen LogP contribution in [0.15, 0.2) is 5.38 Å². The first-order valence-electron chi connectivity index (χ1n) is 5.07. The molecule has 1 aliphatic heterocycles. The Hall–Kier alpha value is -0.320. The normalized spacial score (nSPS) is 25.8. The molecule has 1 saturated heterocycles. The molecule has 0 saturated carbocycles. The summed E-state index contributed by atoms with van der Waals surface area (Å²) >= 11 is 7.38. The van der Waals surface area contributed by atoms with E-state index in [1.807, 2.05) is 5.38 Å². The number of aromatic nitrogens is 1. The standard InChI is InChI=1S/C10H15ClN2OS/c1-7-9(3-4-14-7)13(2)10-12-8(5-11)6-15-10/h6-7,9H,3-5H2,1-2H3. The van der Waals surface area contributed by atoms with Gasteiger partial charge >= 0.3 is 0 Å². The predicted molar refractivity (Wildman–Crippen MR) is 63.9 cm³/mol. The zero-order valence-electron chi connectivity index (χ0n) is 8.94. The Morgan fingerprint density at radius 3 is 3.07 bits per heavy atom. The number of alkyl halides is 1. The lowest BCUT2D eigenvalue weighted by Crippen LogP contribution is -2.36. The molecule has 0 spiro atoms. The molecule has 1 aromatic rings. The molecule has 84 valence electrons. The minimum absolute atomic E-state index is 0.290. The van der Waals surface area contributed by atoms with Crippen molar-refractivity contribution >= 4 is 28.1 Å². The highest BCUT2D eigenvalue weighted by atomic mass is 35.5. The van der Waals surface area contributed by atoms with Crippen molar-refractivity contribution in [2.24, 2.45) is 0 Å². The molecule has 3 nitrogen and oxygen atoms in total. The van der Waals surface area contributed by atoms with Gasteiger partial charge in [-0.25, -0.2) is 4.98 Å². The maximum Gasteiger partial charge on any atom is 0.185 e. The van der Waals surface area contributed by atoms with Crippen molar-refractivity contribution < 1.29 is 4.74 Å². The molecular formula is C10H15ClN2OS. The average molecular weight is 247 g/mol. The molecule has 2 atom stereocenters. The van der Waals surface area contributed by atoms with Crippen LogP contribution in [-0.2, 0) is 10.6 Å². The van der Waals surface area contributed by atoms with Crippen molar-refractivity contribution in [3.63, 3.8) is 0 Å². The van der Waals surface area contributed by atoms with Gasteiger partial charge in [0.2, 0.25) is 0 Å². The Labute approximate surface area is 99.0 Å². The highest BCUT2D eigenvalue weighted by molar-refractivity contribution is 7.13. The van der Waals surface area contributed by atoms with Crippen LogP contribution >= 0.6 is 22.9 Å². The van der Waals surface area contributed by atoms with E-state index in [1.165, 1.54) is 0 Å². The third kappa shape index (κ3) is 2.27. The van der Waals surface area contributed by atoms with Crippen LogP contribution in [0.3, 0.4) is 0 Å². The number of anilines is 1. The summed E-state index contributed by atoms with van der Waals surface area (Å²) in [5.74, 6) is 0.487. The van der Waals surface area contributed by atoms with Crippen LogP contribution in [0, 0.1) is 0 Å². The summed E-state index contributed by atoms with van der Waals surface area (Å²) in [5.41, 5.74) is 0.954. The molecule has 0 N–H and O–H groups in total. The first-order valence-corrected chi connectivity index (χ1v) is 6.48. The molecule has 2 heterocycles. The summed E-state index contributed by atoms with van der Waals surface area (Å²) in [4.78, 5) is 6.67. The monoisotopic (exact) mass is 246 g/mol. The quantitative estimate of drug-likeness (QED) is 0.767. The van der Waals surface area contributed by atoms with E-state index in [1.54, 1.807) is 11.3 Å². The molecule has 1 fully saturated rings. The molecule has 1 aliphatic rings. The van der Waals surface area contributed by atoms with Gasteiger partial charge in [0.15, 0.2) is 5.13 Å². The molecule has 1 aromatic heterocycles. The van der Waals surface area contributed by atoms with E-state index < -0.39 is 0 Å². The van der Waals surface area contributed by atoms with E-state index in [4.69, 9.17) is 16.3 Å². The van der Waals surface area contributed by atoms with Gasteiger partial charge in [-0.15, -0.1) is 22.9 Å². The van der Waals surface area contributed by atoms with Crippen LogP contribution in [0.5, 0.6) is 0 Å². The first-order chi connectivity index (χ1) is 7.22. The van der Waals surface area contributed by atoms with Gasteiger partial charge in [-0.1, -0.05) is 0 Å². The van der Waals surface area contributed by atoms with Crippen LogP contribution in [0.25, 0.3) is 0 Å². The third-order valence-electron chi connectivity index (χ3n) is 2.81. The molecule has 2 rings (SSSR count). The first kappa shape index (κ1) is 11.2. The minimum Gasteiger partial charge on any atom is -0.376 e.